The molecule has 1 spiro atoms. The van der Waals surface area contributed by atoms with Gasteiger partial charge in [0, 0.05) is 33.0 Å². The molecule has 1 heterocycles. The van der Waals surface area contributed by atoms with Crippen molar-refractivity contribution in [3.05, 3.63) is 129 Å². The van der Waals surface area contributed by atoms with Gasteiger partial charge in [-0.3, -0.25) is 9.59 Å². The van der Waals surface area contributed by atoms with Crippen LogP contribution in [0.3, 0.4) is 0 Å². The topological polar surface area (TPSA) is 59.9 Å². The molecule has 0 saturated heterocycles. The predicted octanol–water partition coefficient (Wildman–Crippen LogP) is 6.98. The van der Waals surface area contributed by atoms with E-state index in [4.69, 9.17) is 9.97 Å². The summed E-state index contributed by atoms with van der Waals surface area (Å²) in [6.07, 6.45) is 0. The molecular weight excluding hydrogens is 524 g/mol. The monoisotopic (exact) mass is 544 g/mol. The molecule has 0 aliphatic heterocycles. The number of nitrogens with zero attached hydrogens (tertiary/aromatic N) is 2. The van der Waals surface area contributed by atoms with Crippen LogP contribution >= 0.6 is 15.9 Å². The summed E-state index contributed by atoms with van der Waals surface area (Å²) < 4.78 is 0.899. The first kappa shape index (κ1) is 22.3. The molecular formula is C32H21BrN2O2. The first-order valence-corrected chi connectivity index (χ1v) is 13.1. The van der Waals surface area contributed by atoms with Crippen molar-refractivity contribution < 1.29 is 9.59 Å². The van der Waals surface area contributed by atoms with Crippen LogP contribution in [0.1, 0.15) is 37.5 Å². The second-order valence-electron chi connectivity index (χ2n) is 9.88. The van der Waals surface area contributed by atoms with Gasteiger partial charge in [0.05, 0.1) is 27.8 Å². The maximum Gasteiger partial charge on any atom is 0.168 e. The number of benzene rings is 4. The van der Waals surface area contributed by atoms with Crippen molar-refractivity contribution in [2.24, 2.45) is 11.8 Å². The summed E-state index contributed by atoms with van der Waals surface area (Å²) in [5.74, 6) is -1.21. The van der Waals surface area contributed by atoms with E-state index in [1.54, 1.807) is 0 Å². The zero-order valence-electron chi connectivity index (χ0n) is 20.0. The first-order valence-electron chi connectivity index (χ1n) is 12.3. The third-order valence-corrected chi connectivity index (χ3v) is 8.35. The van der Waals surface area contributed by atoms with Gasteiger partial charge in [0.25, 0.3) is 0 Å². The van der Waals surface area contributed by atoms with E-state index in [0.29, 0.717) is 11.1 Å². The maximum absolute atomic E-state index is 14.2. The molecule has 5 heteroatoms. The van der Waals surface area contributed by atoms with Crippen molar-refractivity contribution in [2.75, 3.05) is 0 Å². The number of aromatic nitrogens is 2. The average molecular weight is 545 g/mol. The molecule has 0 bridgehead atoms. The molecule has 5 aromatic rings. The standard InChI is InChI=1S/C32H21BrN2O2/c1-18-10-12-19(13-11-18)29(36)26-27(30(37)20-14-16-21(33)17-15-20)32(26)23-7-3-2-6-22(23)28-31(32)35-25-9-5-4-8-24(25)34-28/h2-17,26-27H,1H3/t26-,27-,32+/m0/s1. The van der Waals surface area contributed by atoms with Crippen molar-refractivity contribution in [3.63, 3.8) is 0 Å². The van der Waals surface area contributed by atoms with Crippen LogP contribution in [0.4, 0.5) is 0 Å². The number of ketones is 2. The van der Waals surface area contributed by atoms with E-state index < -0.39 is 17.3 Å². The zero-order chi connectivity index (χ0) is 25.3. The Hall–Kier alpha value is -3.96. The number of hydrogen-bond donors (Lipinski definition) is 0. The average Bonchev–Trinajstić information content (AvgIpc) is 3.55. The molecule has 2 aliphatic carbocycles. The highest BCUT2D eigenvalue weighted by atomic mass is 79.9. The third kappa shape index (κ3) is 3.13. The number of rotatable bonds is 4. The fourth-order valence-corrected chi connectivity index (χ4v) is 6.34. The van der Waals surface area contributed by atoms with Gasteiger partial charge >= 0.3 is 0 Å². The molecule has 4 aromatic carbocycles. The number of Topliss-reactive ketones (excluding diaryl/α,β-unsaturated/α-hetero) is 2. The molecule has 7 rings (SSSR count). The third-order valence-electron chi connectivity index (χ3n) is 7.83. The number of carbonyl (C=O) groups is 2. The van der Waals surface area contributed by atoms with E-state index in [1.807, 2.05) is 104 Å². The van der Waals surface area contributed by atoms with Gasteiger partial charge in [-0.05, 0) is 36.8 Å². The van der Waals surface area contributed by atoms with Crippen LogP contribution in [0.5, 0.6) is 0 Å². The van der Waals surface area contributed by atoms with Crippen molar-refractivity contribution in [1.82, 2.24) is 9.97 Å². The van der Waals surface area contributed by atoms with Crippen LogP contribution in [-0.4, -0.2) is 21.5 Å². The SMILES string of the molecule is Cc1ccc(C(=O)[C@@H]2[C@@H](C(=O)c3ccc(Br)cc3)[C@@]23c2ccccc2-c2nc4ccccc4nc23)cc1. The Morgan fingerprint density at radius 1 is 0.703 bits per heavy atom. The Kier molecular flexibility index (Phi) is 4.82. The van der Waals surface area contributed by atoms with Crippen LogP contribution in [0.25, 0.3) is 22.3 Å². The number of aryl methyl sites for hydroxylation is 1. The zero-order valence-corrected chi connectivity index (χ0v) is 21.6. The lowest BCUT2D eigenvalue weighted by Gasteiger charge is -2.14. The van der Waals surface area contributed by atoms with Gasteiger partial charge in [-0.25, -0.2) is 9.97 Å². The normalized spacial score (nSPS) is 21.0. The molecule has 4 nitrogen and oxygen atoms in total. The summed E-state index contributed by atoms with van der Waals surface area (Å²) >= 11 is 3.46. The van der Waals surface area contributed by atoms with E-state index in [-0.39, 0.29) is 11.6 Å². The van der Waals surface area contributed by atoms with Gasteiger partial charge in [-0.2, -0.15) is 0 Å². The number of hydrogen-bond acceptors (Lipinski definition) is 4. The smallest absolute Gasteiger partial charge is 0.168 e. The number of carbonyl (C=O) groups excluding carboxylic acids is 2. The number of fused-ring (bicyclic) bond motifs is 6. The minimum Gasteiger partial charge on any atom is -0.294 e. The fraction of sp³-hybridized carbons (Fsp3) is 0.125. The summed E-state index contributed by atoms with van der Waals surface area (Å²) in [4.78, 5) is 38.4. The molecule has 0 unspecified atom stereocenters. The van der Waals surface area contributed by atoms with Crippen LogP contribution < -0.4 is 0 Å². The van der Waals surface area contributed by atoms with E-state index >= 15 is 0 Å². The van der Waals surface area contributed by atoms with Crippen LogP contribution in [0.15, 0.2) is 102 Å². The Balaban J connectivity index is 1.48. The molecule has 37 heavy (non-hydrogen) atoms. The lowest BCUT2D eigenvalue weighted by Crippen LogP contribution is -2.18. The Labute approximate surface area is 222 Å². The van der Waals surface area contributed by atoms with Crippen LogP contribution in [0, 0.1) is 18.8 Å². The molecule has 1 aromatic heterocycles. The molecule has 3 atom stereocenters. The lowest BCUT2D eigenvalue weighted by atomic mass is 9.89. The highest BCUT2D eigenvalue weighted by molar-refractivity contribution is 9.10. The Morgan fingerprint density at radius 2 is 1.24 bits per heavy atom. The Morgan fingerprint density at radius 3 is 1.89 bits per heavy atom. The second-order valence-corrected chi connectivity index (χ2v) is 10.8. The molecule has 1 saturated carbocycles. The minimum absolute atomic E-state index is 0.0342. The number of halogens is 1. The van der Waals surface area contributed by atoms with E-state index in [1.165, 1.54) is 0 Å². The molecule has 0 N–H and O–H groups in total. The molecule has 0 amide bonds. The highest BCUT2D eigenvalue weighted by Gasteiger charge is 2.76. The highest BCUT2D eigenvalue weighted by Crippen LogP contribution is 2.70. The van der Waals surface area contributed by atoms with E-state index in [9.17, 15) is 9.59 Å². The van der Waals surface area contributed by atoms with E-state index in [0.717, 1.165) is 43.6 Å². The predicted molar refractivity (Wildman–Crippen MR) is 147 cm³/mol. The molecule has 0 radical (unpaired) electrons. The van der Waals surface area contributed by atoms with Gasteiger partial charge in [0.15, 0.2) is 11.6 Å². The van der Waals surface area contributed by atoms with Crippen molar-refractivity contribution in [1.29, 1.82) is 0 Å². The van der Waals surface area contributed by atoms with Gasteiger partial charge in [0.1, 0.15) is 0 Å². The van der Waals surface area contributed by atoms with Gasteiger partial charge in [0.2, 0.25) is 0 Å². The van der Waals surface area contributed by atoms with E-state index in [2.05, 4.69) is 15.9 Å². The summed E-state index contributed by atoms with van der Waals surface area (Å²) in [7, 11) is 0. The molecule has 2 aliphatic rings. The second kappa shape index (κ2) is 8.02. The lowest BCUT2D eigenvalue weighted by molar-refractivity contribution is 0.0906. The van der Waals surface area contributed by atoms with Crippen molar-refractivity contribution in [3.8, 4) is 11.3 Å². The maximum atomic E-state index is 14.2. The quantitative estimate of drug-likeness (QED) is 0.229. The van der Waals surface area contributed by atoms with Crippen LogP contribution in [-0.2, 0) is 5.41 Å². The van der Waals surface area contributed by atoms with Crippen molar-refractivity contribution >= 4 is 38.5 Å². The number of para-hydroxylation sites is 2. The van der Waals surface area contributed by atoms with Gasteiger partial charge in [-0.1, -0.05) is 94.3 Å². The summed E-state index contributed by atoms with van der Waals surface area (Å²) in [5.41, 5.74) is 6.39. The van der Waals surface area contributed by atoms with Crippen molar-refractivity contribution in [2.45, 2.75) is 12.3 Å². The van der Waals surface area contributed by atoms with Crippen LogP contribution in [0.2, 0.25) is 0 Å². The summed E-state index contributed by atoms with van der Waals surface area (Å²) in [5, 5.41) is 0. The fourth-order valence-electron chi connectivity index (χ4n) is 6.08. The summed E-state index contributed by atoms with van der Waals surface area (Å²) in [6.45, 7) is 2.00. The first-order chi connectivity index (χ1) is 18.0. The Bertz CT molecular complexity index is 1680. The van der Waals surface area contributed by atoms with Gasteiger partial charge < -0.3 is 0 Å². The summed E-state index contributed by atoms with van der Waals surface area (Å²) in [6, 6.07) is 30.7. The largest absolute Gasteiger partial charge is 0.294 e. The van der Waals surface area contributed by atoms with Gasteiger partial charge in [-0.15, -0.1) is 0 Å². The molecule has 1 fully saturated rings. The minimum atomic E-state index is -0.852. The molecule has 178 valence electrons.